The van der Waals surface area contributed by atoms with E-state index in [0.717, 1.165) is 19.0 Å². The number of aryl methyl sites for hydroxylation is 2. The van der Waals surface area contributed by atoms with Crippen LogP contribution < -0.4 is 10.6 Å². The van der Waals surface area contributed by atoms with Crippen LogP contribution in [0.25, 0.3) is 0 Å². The van der Waals surface area contributed by atoms with Gasteiger partial charge in [0.25, 0.3) is 0 Å². The van der Waals surface area contributed by atoms with Gasteiger partial charge in [-0.3, -0.25) is 0 Å². The Bertz CT molecular complexity index is 354. The lowest BCUT2D eigenvalue weighted by molar-refractivity contribution is 0.410. The lowest BCUT2D eigenvalue weighted by Crippen LogP contribution is -2.26. The topological polar surface area (TPSA) is 24.1 Å². The first-order valence-electron chi connectivity index (χ1n) is 6.17. The van der Waals surface area contributed by atoms with E-state index in [-0.39, 0.29) is 0 Å². The van der Waals surface area contributed by atoms with Gasteiger partial charge in [0.1, 0.15) is 0 Å². The van der Waals surface area contributed by atoms with E-state index in [1.165, 1.54) is 23.1 Å². The minimum absolute atomic E-state index is 0.495. The molecular weight excluding hydrogens is 196 g/mol. The van der Waals surface area contributed by atoms with E-state index in [2.05, 4.69) is 49.7 Å². The first-order valence-corrected chi connectivity index (χ1v) is 6.17. The van der Waals surface area contributed by atoms with Gasteiger partial charge in [0.15, 0.2) is 0 Å². The maximum absolute atomic E-state index is 3.47. The molecule has 88 valence electrons. The summed E-state index contributed by atoms with van der Waals surface area (Å²) in [6.07, 6.45) is 1.28. The molecule has 1 aromatic rings. The highest BCUT2D eigenvalue weighted by molar-refractivity contribution is 5.32. The molecule has 1 fully saturated rings. The summed E-state index contributed by atoms with van der Waals surface area (Å²) in [6, 6.07) is 7.32. The predicted molar refractivity (Wildman–Crippen MR) is 68.7 cm³/mol. The van der Waals surface area contributed by atoms with Crippen LogP contribution in [-0.2, 0) is 0 Å². The maximum Gasteiger partial charge on any atom is 0.0358 e. The van der Waals surface area contributed by atoms with Gasteiger partial charge in [0.2, 0.25) is 0 Å². The third-order valence-electron chi connectivity index (χ3n) is 3.77. The SMILES string of the molecule is CNC(c1ccc(C)c(C)c1)C1CCNC1. The van der Waals surface area contributed by atoms with Crippen LogP contribution in [0.2, 0.25) is 0 Å². The number of hydrogen-bond acceptors (Lipinski definition) is 2. The molecule has 2 N–H and O–H groups in total. The molecule has 2 atom stereocenters. The molecule has 2 rings (SSSR count). The first-order chi connectivity index (χ1) is 7.72. The van der Waals surface area contributed by atoms with E-state index in [4.69, 9.17) is 0 Å². The van der Waals surface area contributed by atoms with Gasteiger partial charge in [0, 0.05) is 6.04 Å². The molecule has 1 saturated heterocycles. The van der Waals surface area contributed by atoms with Crippen molar-refractivity contribution in [2.45, 2.75) is 26.3 Å². The molecule has 2 heteroatoms. The van der Waals surface area contributed by atoms with Crippen molar-refractivity contribution < 1.29 is 0 Å². The summed E-state index contributed by atoms with van der Waals surface area (Å²) in [5.41, 5.74) is 4.20. The molecule has 2 nitrogen and oxygen atoms in total. The van der Waals surface area contributed by atoms with Crippen molar-refractivity contribution in [2.75, 3.05) is 20.1 Å². The Morgan fingerprint density at radius 2 is 2.12 bits per heavy atom. The second kappa shape index (κ2) is 4.98. The van der Waals surface area contributed by atoms with Gasteiger partial charge in [0.05, 0.1) is 0 Å². The van der Waals surface area contributed by atoms with Gasteiger partial charge in [-0.25, -0.2) is 0 Å². The normalized spacial score (nSPS) is 22.3. The van der Waals surface area contributed by atoms with Gasteiger partial charge in [-0.15, -0.1) is 0 Å². The zero-order valence-corrected chi connectivity index (χ0v) is 10.5. The van der Waals surface area contributed by atoms with Gasteiger partial charge in [-0.1, -0.05) is 18.2 Å². The molecule has 0 aromatic heterocycles. The van der Waals surface area contributed by atoms with Crippen molar-refractivity contribution in [3.05, 3.63) is 34.9 Å². The highest BCUT2D eigenvalue weighted by atomic mass is 15.0. The minimum atomic E-state index is 0.495. The summed E-state index contributed by atoms with van der Waals surface area (Å²) in [7, 11) is 2.07. The van der Waals surface area contributed by atoms with Gasteiger partial charge in [-0.2, -0.15) is 0 Å². The fourth-order valence-electron chi connectivity index (χ4n) is 2.59. The standard InChI is InChI=1S/C14H22N2/c1-10-4-5-12(8-11(10)2)14(15-3)13-6-7-16-9-13/h4-5,8,13-16H,6-7,9H2,1-3H3. The molecule has 0 bridgehead atoms. The van der Waals surface area contributed by atoms with Crippen molar-refractivity contribution >= 4 is 0 Å². The lowest BCUT2D eigenvalue weighted by Gasteiger charge is -2.23. The molecule has 2 unspecified atom stereocenters. The van der Waals surface area contributed by atoms with Crippen LogP contribution in [0.15, 0.2) is 18.2 Å². The monoisotopic (exact) mass is 218 g/mol. The number of benzene rings is 1. The third-order valence-corrected chi connectivity index (χ3v) is 3.77. The summed E-state index contributed by atoms with van der Waals surface area (Å²) >= 11 is 0. The van der Waals surface area contributed by atoms with E-state index in [1.807, 2.05) is 0 Å². The van der Waals surface area contributed by atoms with Crippen molar-refractivity contribution in [1.82, 2.24) is 10.6 Å². The Kier molecular flexibility index (Phi) is 3.62. The summed E-state index contributed by atoms with van der Waals surface area (Å²) in [5.74, 6) is 0.729. The van der Waals surface area contributed by atoms with E-state index < -0.39 is 0 Å². The quantitative estimate of drug-likeness (QED) is 0.812. The van der Waals surface area contributed by atoms with E-state index in [0.29, 0.717) is 6.04 Å². The van der Waals surface area contributed by atoms with Crippen molar-refractivity contribution in [3.8, 4) is 0 Å². The first kappa shape index (κ1) is 11.6. The molecule has 1 heterocycles. The Labute approximate surface area is 98.4 Å². The van der Waals surface area contributed by atoms with Crippen LogP contribution in [0.4, 0.5) is 0 Å². The minimum Gasteiger partial charge on any atom is -0.316 e. The van der Waals surface area contributed by atoms with Crippen LogP contribution in [0.5, 0.6) is 0 Å². The smallest absolute Gasteiger partial charge is 0.0358 e. The Balaban J connectivity index is 2.22. The van der Waals surface area contributed by atoms with Crippen molar-refractivity contribution in [1.29, 1.82) is 0 Å². The fourth-order valence-corrected chi connectivity index (χ4v) is 2.59. The Morgan fingerprint density at radius 3 is 2.69 bits per heavy atom. The molecule has 16 heavy (non-hydrogen) atoms. The predicted octanol–water partition coefficient (Wildman–Crippen LogP) is 2.17. The zero-order valence-electron chi connectivity index (χ0n) is 10.5. The van der Waals surface area contributed by atoms with Crippen LogP contribution in [0.3, 0.4) is 0 Å². The van der Waals surface area contributed by atoms with Crippen LogP contribution in [0.1, 0.15) is 29.2 Å². The highest BCUT2D eigenvalue weighted by Crippen LogP contribution is 2.27. The summed E-state index contributed by atoms with van der Waals surface area (Å²) < 4.78 is 0. The van der Waals surface area contributed by atoms with E-state index in [9.17, 15) is 0 Å². The molecule has 1 aliphatic rings. The fraction of sp³-hybridized carbons (Fsp3) is 0.571. The third kappa shape index (κ3) is 2.28. The van der Waals surface area contributed by atoms with Gasteiger partial charge in [-0.05, 0) is 63.0 Å². The molecule has 0 radical (unpaired) electrons. The molecular formula is C14H22N2. The molecule has 0 spiro atoms. The second-order valence-corrected chi connectivity index (χ2v) is 4.86. The van der Waals surface area contributed by atoms with E-state index >= 15 is 0 Å². The average molecular weight is 218 g/mol. The lowest BCUT2D eigenvalue weighted by atomic mass is 9.90. The van der Waals surface area contributed by atoms with E-state index in [1.54, 1.807) is 0 Å². The van der Waals surface area contributed by atoms with Gasteiger partial charge >= 0.3 is 0 Å². The average Bonchev–Trinajstić information content (AvgIpc) is 2.78. The summed E-state index contributed by atoms with van der Waals surface area (Å²) in [6.45, 7) is 6.66. The number of nitrogens with one attached hydrogen (secondary N) is 2. The second-order valence-electron chi connectivity index (χ2n) is 4.86. The zero-order chi connectivity index (χ0) is 11.5. The Morgan fingerprint density at radius 1 is 1.31 bits per heavy atom. The summed E-state index contributed by atoms with van der Waals surface area (Å²) in [5, 5.41) is 6.91. The Hall–Kier alpha value is -0.860. The molecule has 0 aliphatic carbocycles. The van der Waals surface area contributed by atoms with Crippen molar-refractivity contribution in [3.63, 3.8) is 0 Å². The van der Waals surface area contributed by atoms with Crippen molar-refractivity contribution in [2.24, 2.45) is 5.92 Å². The molecule has 0 amide bonds. The summed E-state index contributed by atoms with van der Waals surface area (Å²) in [4.78, 5) is 0. The van der Waals surface area contributed by atoms with Crippen LogP contribution in [0, 0.1) is 19.8 Å². The molecule has 0 saturated carbocycles. The highest BCUT2D eigenvalue weighted by Gasteiger charge is 2.24. The molecule has 1 aliphatic heterocycles. The van der Waals surface area contributed by atoms with Crippen LogP contribution in [-0.4, -0.2) is 20.1 Å². The van der Waals surface area contributed by atoms with Gasteiger partial charge < -0.3 is 10.6 Å². The van der Waals surface area contributed by atoms with Crippen LogP contribution >= 0.6 is 0 Å². The largest absolute Gasteiger partial charge is 0.316 e. The number of rotatable bonds is 3. The maximum atomic E-state index is 3.47. The number of hydrogen-bond donors (Lipinski definition) is 2. The molecule has 1 aromatic carbocycles.